The van der Waals surface area contributed by atoms with E-state index in [0.717, 1.165) is 55.3 Å². The lowest BCUT2D eigenvalue weighted by Gasteiger charge is -2.36. The maximum Gasteiger partial charge on any atom is 0.293 e. The van der Waals surface area contributed by atoms with Crippen LogP contribution in [-0.4, -0.2) is 60.1 Å². The van der Waals surface area contributed by atoms with E-state index in [4.69, 9.17) is 16.3 Å². The van der Waals surface area contributed by atoms with Crippen LogP contribution in [0.15, 0.2) is 53.8 Å². The number of carbonyl (C=O) groups excluding carboxylic acids is 1. The van der Waals surface area contributed by atoms with Crippen LogP contribution in [0.2, 0.25) is 5.02 Å². The third kappa shape index (κ3) is 5.73. The van der Waals surface area contributed by atoms with Gasteiger partial charge in [0.05, 0.1) is 18.3 Å². The molecule has 1 saturated heterocycles. The molecule has 1 fully saturated rings. The first-order valence-electron chi connectivity index (χ1n) is 10.9. The van der Waals surface area contributed by atoms with Crippen molar-refractivity contribution in [2.75, 3.05) is 38.2 Å². The number of benzene rings is 2. The minimum atomic E-state index is -0.477. The number of hydrazone groups is 1. The van der Waals surface area contributed by atoms with Gasteiger partial charge in [0.25, 0.3) is 5.91 Å². The van der Waals surface area contributed by atoms with E-state index in [9.17, 15) is 9.18 Å². The molecular weight excluding hydrogens is 459 g/mol. The van der Waals surface area contributed by atoms with Gasteiger partial charge in [0.15, 0.2) is 5.69 Å². The van der Waals surface area contributed by atoms with Gasteiger partial charge in [-0.2, -0.15) is 10.2 Å². The minimum absolute atomic E-state index is 0.122. The van der Waals surface area contributed by atoms with Crippen LogP contribution in [0.5, 0.6) is 5.75 Å². The second-order valence-corrected chi connectivity index (χ2v) is 8.42. The van der Waals surface area contributed by atoms with Crippen LogP contribution >= 0.6 is 11.6 Å². The number of piperazine rings is 1. The minimum Gasteiger partial charge on any atom is -0.496 e. The lowest BCUT2D eigenvalue weighted by atomic mass is 10.1. The summed E-state index contributed by atoms with van der Waals surface area (Å²) in [5, 5.41) is 8.33. The Morgan fingerprint density at radius 1 is 1.21 bits per heavy atom. The first-order chi connectivity index (χ1) is 16.4. The Morgan fingerprint density at radius 3 is 2.59 bits per heavy atom. The van der Waals surface area contributed by atoms with Crippen LogP contribution in [0.3, 0.4) is 0 Å². The van der Waals surface area contributed by atoms with Crippen molar-refractivity contribution in [1.82, 2.24) is 20.1 Å². The van der Waals surface area contributed by atoms with Gasteiger partial charge in [0.1, 0.15) is 11.6 Å². The van der Waals surface area contributed by atoms with Crippen molar-refractivity contribution in [2.24, 2.45) is 12.1 Å². The van der Waals surface area contributed by atoms with Gasteiger partial charge in [-0.05, 0) is 48.0 Å². The maximum atomic E-state index is 13.2. The van der Waals surface area contributed by atoms with E-state index in [2.05, 4.69) is 25.4 Å². The number of rotatable bonds is 7. The lowest BCUT2D eigenvalue weighted by molar-refractivity contribution is 0.0949. The molecule has 0 saturated carbocycles. The molecule has 178 valence electrons. The average Bonchev–Trinajstić information content (AvgIpc) is 3.18. The Morgan fingerprint density at radius 2 is 1.94 bits per heavy atom. The summed E-state index contributed by atoms with van der Waals surface area (Å²) in [6.45, 7) is 4.19. The van der Waals surface area contributed by atoms with E-state index < -0.39 is 5.91 Å². The van der Waals surface area contributed by atoms with Crippen molar-refractivity contribution in [3.63, 3.8) is 0 Å². The van der Waals surface area contributed by atoms with Gasteiger partial charge in [-0.25, -0.2) is 9.82 Å². The molecule has 10 heteroatoms. The summed E-state index contributed by atoms with van der Waals surface area (Å²) >= 11 is 6.00. The number of anilines is 1. The van der Waals surface area contributed by atoms with E-state index in [0.29, 0.717) is 0 Å². The largest absolute Gasteiger partial charge is 0.496 e. The number of halogens is 2. The smallest absolute Gasteiger partial charge is 0.293 e. The normalized spacial score (nSPS) is 14.5. The number of methoxy groups -OCH3 is 1. The van der Waals surface area contributed by atoms with Crippen LogP contribution in [0.1, 0.15) is 21.6 Å². The number of nitrogens with zero attached hydrogens (tertiary/aromatic N) is 5. The molecule has 0 spiro atoms. The van der Waals surface area contributed by atoms with Crippen LogP contribution < -0.4 is 15.1 Å². The summed E-state index contributed by atoms with van der Waals surface area (Å²) in [6, 6.07) is 12.4. The Bertz CT molecular complexity index is 1170. The monoisotopic (exact) mass is 484 g/mol. The highest BCUT2D eigenvalue weighted by atomic mass is 35.5. The fourth-order valence-electron chi connectivity index (χ4n) is 3.89. The van der Waals surface area contributed by atoms with E-state index in [1.54, 1.807) is 26.6 Å². The quantitative estimate of drug-likeness (QED) is 0.411. The number of hydrogen-bond acceptors (Lipinski definition) is 6. The number of aryl methyl sites for hydroxylation is 1. The van der Waals surface area contributed by atoms with E-state index in [1.807, 2.05) is 30.3 Å². The van der Waals surface area contributed by atoms with Crippen LogP contribution in [0, 0.1) is 5.82 Å². The molecule has 0 bridgehead atoms. The van der Waals surface area contributed by atoms with Gasteiger partial charge < -0.3 is 9.64 Å². The van der Waals surface area contributed by atoms with Gasteiger partial charge in [-0.15, -0.1) is 0 Å². The van der Waals surface area contributed by atoms with Crippen molar-refractivity contribution < 1.29 is 13.9 Å². The molecule has 0 radical (unpaired) electrons. The number of amides is 1. The summed E-state index contributed by atoms with van der Waals surface area (Å²) in [4.78, 5) is 16.8. The molecular formula is C24H26ClFN6O2. The van der Waals surface area contributed by atoms with Gasteiger partial charge in [0.2, 0.25) is 0 Å². The Kier molecular flexibility index (Phi) is 7.44. The Labute approximate surface area is 202 Å². The predicted molar refractivity (Wildman–Crippen MR) is 130 cm³/mol. The molecule has 8 nitrogen and oxygen atoms in total. The first-order valence-corrected chi connectivity index (χ1v) is 11.2. The van der Waals surface area contributed by atoms with Gasteiger partial charge in [-0.1, -0.05) is 11.6 Å². The van der Waals surface area contributed by atoms with Crippen molar-refractivity contribution >= 4 is 29.4 Å². The maximum absolute atomic E-state index is 13.2. The molecule has 4 rings (SSSR count). The predicted octanol–water partition coefficient (Wildman–Crippen LogP) is 3.31. The molecule has 0 atom stereocenters. The molecule has 1 aromatic heterocycles. The molecule has 2 heterocycles. The molecule has 1 N–H and O–H groups in total. The van der Waals surface area contributed by atoms with Crippen molar-refractivity contribution in [3.05, 3.63) is 76.3 Å². The van der Waals surface area contributed by atoms with Crippen LogP contribution in [0.25, 0.3) is 0 Å². The fraction of sp³-hybridized carbons (Fsp3) is 0.292. The molecule has 0 unspecified atom stereocenters. The zero-order chi connectivity index (χ0) is 24.1. The van der Waals surface area contributed by atoms with Gasteiger partial charge in [-0.3, -0.25) is 14.4 Å². The van der Waals surface area contributed by atoms with Crippen molar-refractivity contribution in [2.45, 2.75) is 6.54 Å². The summed E-state index contributed by atoms with van der Waals surface area (Å²) in [6.07, 6.45) is 3.12. The van der Waals surface area contributed by atoms with Crippen molar-refractivity contribution in [3.8, 4) is 5.75 Å². The molecule has 0 aliphatic carbocycles. The fourth-order valence-corrected chi connectivity index (χ4v) is 4.16. The average molecular weight is 485 g/mol. The van der Waals surface area contributed by atoms with Crippen LogP contribution in [-0.2, 0) is 13.6 Å². The third-order valence-electron chi connectivity index (χ3n) is 5.64. The van der Waals surface area contributed by atoms with Crippen LogP contribution in [0.4, 0.5) is 10.1 Å². The molecule has 34 heavy (non-hydrogen) atoms. The van der Waals surface area contributed by atoms with Gasteiger partial charge in [0, 0.05) is 57.2 Å². The van der Waals surface area contributed by atoms with E-state index in [-0.39, 0.29) is 16.5 Å². The third-order valence-corrected chi connectivity index (χ3v) is 5.92. The number of hydrogen-bond donors (Lipinski definition) is 1. The number of ether oxygens (including phenoxy) is 1. The Hall–Kier alpha value is -3.43. The molecule has 3 aromatic rings. The summed E-state index contributed by atoms with van der Waals surface area (Å²) in [5.41, 5.74) is 5.47. The van der Waals surface area contributed by atoms with E-state index in [1.165, 1.54) is 16.8 Å². The second-order valence-electron chi connectivity index (χ2n) is 8.01. The summed E-state index contributed by atoms with van der Waals surface area (Å²) in [5.74, 6) is 0.0926. The number of aromatic nitrogens is 2. The Balaban J connectivity index is 1.37. The second kappa shape index (κ2) is 10.7. The molecule has 2 aromatic carbocycles. The molecule has 1 aliphatic rings. The highest BCUT2D eigenvalue weighted by Crippen LogP contribution is 2.23. The van der Waals surface area contributed by atoms with Crippen molar-refractivity contribution in [1.29, 1.82) is 0 Å². The summed E-state index contributed by atoms with van der Waals surface area (Å²) < 4.78 is 20.2. The SMILES string of the molecule is COc1ccc(/C=N/NC(=O)c2nn(C)cc2Cl)cc1CN1CCN(c2ccc(F)cc2)CC1. The zero-order valence-corrected chi connectivity index (χ0v) is 19.8. The topological polar surface area (TPSA) is 75.0 Å². The number of carbonyl (C=O) groups is 1. The first kappa shape index (κ1) is 23.7. The lowest BCUT2D eigenvalue weighted by Crippen LogP contribution is -2.46. The highest BCUT2D eigenvalue weighted by molar-refractivity contribution is 6.33. The molecule has 1 amide bonds. The number of nitrogens with one attached hydrogen (secondary N) is 1. The van der Waals surface area contributed by atoms with E-state index >= 15 is 0 Å². The highest BCUT2D eigenvalue weighted by Gasteiger charge is 2.19. The zero-order valence-electron chi connectivity index (χ0n) is 19.0. The summed E-state index contributed by atoms with van der Waals surface area (Å²) in [7, 11) is 3.34. The molecule has 1 aliphatic heterocycles. The van der Waals surface area contributed by atoms with Gasteiger partial charge >= 0.3 is 0 Å². The standard InChI is InChI=1S/C24H26ClFN6O2/c1-30-16-21(25)23(29-30)24(33)28-27-14-17-3-8-22(34-2)18(13-17)15-31-9-11-32(12-10-31)20-6-4-19(26)5-7-20/h3-8,13-14,16H,9-12,15H2,1-2H3,(H,28,33)/b27-14+.